The van der Waals surface area contributed by atoms with Crippen molar-refractivity contribution in [3.63, 3.8) is 0 Å². The summed E-state index contributed by atoms with van der Waals surface area (Å²) in [4.78, 5) is 5.95. The first-order valence-electron chi connectivity index (χ1n) is 5.40. The van der Waals surface area contributed by atoms with Gasteiger partial charge in [-0.1, -0.05) is 0 Å². The average molecular weight is 301 g/mol. The number of anilines is 1. The Labute approximate surface area is 118 Å². The average Bonchev–Trinajstić information content (AvgIpc) is 2.38. The largest absolute Gasteiger partial charge is 0.369 e. The van der Waals surface area contributed by atoms with Crippen LogP contribution >= 0.6 is 0 Å². The molecule has 0 fully saturated rings. The minimum absolute atomic E-state index is 0.466. The van der Waals surface area contributed by atoms with Crippen LogP contribution in [0.2, 0.25) is 0 Å². The van der Waals surface area contributed by atoms with Crippen LogP contribution in [0.5, 0.6) is 0 Å². The lowest BCUT2D eigenvalue weighted by Gasteiger charge is -2.22. The van der Waals surface area contributed by atoms with Crippen molar-refractivity contribution < 1.29 is 28.9 Å². The van der Waals surface area contributed by atoms with Crippen LogP contribution in [0.25, 0.3) is 0 Å². The van der Waals surface area contributed by atoms with Crippen LogP contribution in [0, 0.1) is 32.9 Å². The third-order valence-electron chi connectivity index (χ3n) is 2.01. The van der Waals surface area contributed by atoms with E-state index in [9.17, 15) is 0 Å². The van der Waals surface area contributed by atoms with E-state index in [-0.39, 0.29) is 0 Å². The molecule has 108 valence electrons. The summed E-state index contributed by atoms with van der Waals surface area (Å²) < 4.78 is 32.7. The zero-order valence-electron chi connectivity index (χ0n) is 10.5. The Morgan fingerprint density at radius 2 is 1.50 bits per heavy atom. The summed E-state index contributed by atoms with van der Waals surface area (Å²) >= 11 is 0. The highest BCUT2D eigenvalue weighted by atomic mass is 35.7. The molecule has 9 heteroatoms. The highest BCUT2D eigenvalue weighted by Gasteiger charge is 2.04. The van der Waals surface area contributed by atoms with E-state index in [1.54, 1.807) is 12.4 Å². The van der Waals surface area contributed by atoms with Crippen molar-refractivity contribution in [3.05, 3.63) is 24.5 Å². The monoisotopic (exact) mass is 300 g/mol. The molecule has 1 aromatic rings. The Morgan fingerprint density at radius 1 is 1.10 bits per heavy atom. The van der Waals surface area contributed by atoms with Gasteiger partial charge in [0.05, 0.1) is 39.9 Å². The first-order chi connectivity index (χ1) is 9.38. The van der Waals surface area contributed by atoms with Crippen LogP contribution in [0.3, 0.4) is 0 Å². The summed E-state index contributed by atoms with van der Waals surface area (Å²) in [6.07, 6.45) is 4.35. The molecule has 0 bridgehead atoms. The summed E-state index contributed by atoms with van der Waals surface area (Å²) in [5.74, 6) is 0. The van der Waals surface area contributed by atoms with Gasteiger partial charge in [-0.3, -0.25) is 4.98 Å². The highest BCUT2D eigenvalue weighted by Crippen LogP contribution is 2.12. The fraction of sp³-hybridized carbons (Fsp3) is 0.364. The van der Waals surface area contributed by atoms with Crippen molar-refractivity contribution in [2.45, 2.75) is 12.8 Å². The van der Waals surface area contributed by atoms with E-state index in [2.05, 4.69) is 17.1 Å². The lowest BCUT2D eigenvalue weighted by Crippen LogP contribution is -2.58. The topological polar surface area (TPSA) is 153 Å². The molecule has 0 atom stereocenters. The molecular formula is C11H13ClN4O4. The molecule has 0 radical (unpaired) electrons. The molecule has 1 heterocycles. The van der Waals surface area contributed by atoms with Gasteiger partial charge in [0.15, 0.2) is 0 Å². The predicted molar refractivity (Wildman–Crippen MR) is 59.1 cm³/mol. The maximum absolute atomic E-state index is 8.60. The Balaban J connectivity index is 0.000000621. The minimum Gasteiger partial charge on any atom is -0.369 e. The van der Waals surface area contributed by atoms with Gasteiger partial charge in [0.25, 0.3) is 0 Å². The molecule has 0 spiro atoms. The predicted octanol–water partition coefficient (Wildman–Crippen LogP) is -2.41. The summed E-state index contributed by atoms with van der Waals surface area (Å²) in [5, 5.41) is 17.1. The number of aromatic nitrogens is 1. The van der Waals surface area contributed by atoms with Crippen molar-refractivity contribution in [1.82, 2.24) is 4.98 Å². The molecule has 1 rings (SSSR count). The third kappa shape index (κ3) is 11.2. The van der Waals surface area contributed by atoms with Gasteiger partial charge in [0.2, 0.25) is 0 Å². The van der Waals surface area contributed by atoms with Crippen LogP contribution in [0.1, 0.15) is 12.8 Å². The fourth-order valence-corrected chi connectivity index (χ4v) is 1.29. The summed E-state index contributed by atoms with van der Waals surface area (Å²) in [5.41, 5.74) is 1.01. The molecule has 0 aliphatic carbocycles. The lowest BCUT2D eigenvalue weighted by atomic mass is 10.3. The number of rotatable bonds is 5. The van der Waals surface area contributed by atoms with E-state index < -0.39 is 10.2 Å². The van der Waals surface area contributed by atoms with Crippen molar-refractivity contribution in [1.29, 1.82) is 10.5 Å². The normalized spacial score (nSPS) is 9.70. The van der Waals surface area contributed by atoms with Crippen LogP contribution in [-0.2, 0) is 0 Å². The van der Waals surface area contributed by atoms with E-state index in [4.69, 9.17) is 29.2 Å². The SMILES string of the molecule is N#CCCN(CCC#N)c1ccncc1.[O-][Cl+3]([O-])([O-])O. The first kappa shape index (κ1) is 18.1. The second-order valence-electron chi connectivity index (χ2n) is 3.40. The molecule has 0 aromatic carbocycles. The number of halogens is 1. The van der Waals surface area contributed by atoms with E-state index >= 15 is 0 Å². The smallest absolute Gasteiger partial charge is 0.0777 e. The molecule has 1 aromatic heterocycles. The van der Waals surface area contributed by atoms with Crippen LogP contribution in [-0.4, -0.2) is 22.7 Å². The molecule has 1 N–H and O–H groups in total. The van der Waals surface area contributed by atoms with Crippen LogP contribution in [0.4, 0.5) is 5.69 Å². The Kier molecular flexibility index (Phi) is 8.96. The molecule has 0 amide bonds. The second kappa shape index (κ2) is 9.92. The lowest BCUT2D eigenvalue weighted by molar-refractivity contribution is -1.92. The Morgan fingerprint density at radius 3 is 1.85 bits per heavy atom. The standard InChI is InChI=1S/C11H12N4.ClHO4/c12-5-1-9-15(10-2-6-13)11-3-7-14-8-4-11;2-1(3,4)5/h3-4,7-8H,1-2,9-10H2;(H,2,3,4,5). The summed E-state index contributed by atoms with van der Waals surface area (Å²) in [6.45, 7) is 1.31. The van der Waals surface area contributed by atoms with E-state index in [1.165, 1.54) is 0 Å². The van der Waals surface area contributed by atoms with Gasteiger partial charge < -0.3 is 4.90 Å². The first-order valence-corrected chi connectivity index (χ1v) is 6.67. The number of hydrogen-bond acceptors (Lipinski definition) is 8. The number of pyridine rings is 1. The Hall–Kier alpha value is -1.94. The minimum atomic E-state index is -4.69. The molecule has 0 aliphatic heterocycles. The van der Waals surface area contributed by atoms with Crippen molar-refractivity contribution in [3.8, 4) is 12.1 Å². The van der Waals surface area contributed by atoms with Crippen LogP contribution < -0.4 is 18.9 Å². The maximum atomic E-state index is 8.60. The van der Waals surface area contributed by atoms with Gasteiger partial charge in [0.1, 0.15) is 0 Å². The quantitative estimate of drug-likeness (QED) is 0.631. The van der Waals surface area contributed by atoms with E-state index in [0.717, 1.165) is 5.69 Å². The van der Waals surface area contributed by atoms with Gasteiger partial charge >= 0.3 is 0 Å². The third-order valence-corrected chi connectivity index (χ3v) is 2.01. The number of hydrogen-bond donors (Lipinski definition) is 1. The highest BCUT2D eigenvalue weighted by molar-refractivity contribution is 5.44. The molecular weight excluding hydrogens is 288 g/mol. The van der Waals surface area contributed by atoms with Gasteiger partial charge in [-0.05, 0) is 12.1 Å². The molecule has 20 heavy (non-hydrogen) atoms. The molecule has 0 saturated heterocycles. The van der Waals surface area contributed by atoms with Crippen molar-refractivity contribution in [2.75, 3.05) is 18.0 Å². The molecule has 8 nitrogen and oxygen atoms in total. The zero-order valence-corrected chi connectivity index (χ0v) is 11.2. The molecule has 0 saturated carbocycles. The second-order valence-corrected chi connectivity index (χ2v) is 4.20. The molecule has 0 unspecified atom stereocenters. The number of nitriles is 2. The zero-order chi connectivity index (χ0) is 15.4. The van der Waals surface area contributed by atoms with E-state index in [0.29, 0.717) is 25.9 Å². The van der Waals surface area contributed by atoms with E-state index in [1.807, 2.05) is 17.0 Å². The van der Waals surface area contributed by atoms with Crippen molar-refractivity contribution in [2.24, 2.45) is 0 Å². The fourth-order valence-electron chi connectivity index (χ4n) is 1.29. The molecule has 0 aliphatic rings. The maximum Gasteiger partial charge on any atom is 0.0777 e. The summed E-state index contributed by atoms with van der Waals surface area (Å²) in [7, 11) is -4.69. The van der Waals surface area contributed by atoms with Gasteiger partial charge in [-0.15, -0.1) is 0 Å². The van der Waals surface area contributed by atoms with Gasteiger partial charge in [-0.25, -0.2) is 0 Å². The van der Waals surface area contributed by atoms with Gasteiger partial charge in [0, 0.05) is 31.2 Å². The summed E-state index contributed by atoms with van der Waals surface area (Å²) in [6, 6.07) is 7.98. The Bertz CT molecular complexity index is 428. The van der Waals surface area contributed by atoms with Crippen LogP contribution in [0.15, 0.2) is 24.5 Å². The van der Waals surface area contributed by atoms with Gasteiger partial charge in [-0.2, -0.15) is 24.5 Å². The number of nitrogens with zero attached hydrogens (tertiary/aromatic N) is 4. The van der Waals surface area contributed by atoms with Crippen molar-refractivity contribution >= 4 is 5.69 Å².